The molecule has 2 rings (SSSR count). The fourth-order valence-corrected chi connectivity index (χ4v) is 4.91. The van der Waals surface area contributed by atoms with E-state index in [-0.39, 0.29) is 18.4 Å². The largest absolute Gasteiger partial charge is 0.493 e. The van der Waals surface area contributed by atoms with Crippen LogP contribution >= 0.6 is 0 Å². The Morgan fingerprint density at radius 3 is 2.46 bits per heavy atom. The monoisotopic (exact) mass is 521 g/mol. The molecule has 1 aromatic rings. The second-order valence-electron chi connectivity index (χ2n) is 11.2. The quantitative estimate of drug-likeness (QED) is 0.286. The summed E-state index contributed by atoms with van der Waals surface area (Å²) < 4.78 is 16.5. The first-order valence-corrected chi connectivity index (χ1v) is 13.9. The fraction of sp³-hybridized carbons (Fsp3) is 0.759. The molecule has 8 nitrogen and oxygen atoms in total. The van der Waals surface area contributed by atoms with E-state index in [1.807, 2.05) is 26.0 Å². The molecular weight excluding hydrogens is 470 g/mol. The molecule has 0 unspecified atom stereocenters. The molecule has 37 heavy (non-hydrogen) atoms. The molecule has 1 fully saturated rings. The number of nitrogens with two attached hydrogens (primary N) is 1. The molecule has 212 valence electrons. The van der Waals surface area contributed by atoms with Crippen molar-refractivity contribution >= 4 is 5.91 Å². The van der Waals surface area contributed by atoms with E-state index in [1.165, 1.54) is 6.42 Å². The summed E-state index contributed by atoms with van der Waals surface area (Å²) in [5.41, 5.74) is 6.99. The molecule has 0 spiro atoms. The van der Waals surface area contributed by atoms with Gasteiger partial charge in [-0.1, -0.05) is 26.3 Å². The summed E-state index contributed by atoms with van der Waals surface area (Å²) in [4.78, 5) is 15.2. The highest BCUT2D eigenvalue weighted by atomic mass is 16.5. The number of likely N-dealkylation sites (tertiary alicyclic amines) is 1. The molecule has 0 aromatic heterocycles. The van der Waals surface area contributed by atoms with Gasteiger partial charge in [0.25, 0.3) is 0 Å². The Hall–Kier alpha value is -1.87. The first-order chi connectivity index (χ1) is 17.6. The smallest absolute Gasteiger partial charge is 0.240 e. The van der Waals surface area contributed by atoms with Crippen molar-refractivity contribution in [3.8, 4) is 11.5 Å². The fourth-order valence-electron chi connectivity index (χ4n) is 4.91. The van der Waals surface area contributed by atoms with Gasteiger partial charge in [-0.25, -0.2) is 0 Å². The van der Waals surface area contributed by atoms with Crippen LogP contribution in [-0.2, 0) is 16.0 Å². The van der Waals surface area contributed by atoms with Gasteiger partial charge in [-0.2, -0.15) is 0 Å². The number of nitrogens with one attached hydrogen (secondary N) is 1. The minimum absolute atomic E-state index is 0.0580. The zero-order valence-electron chi connectivity index (χ0n) is 23.9. The van der Waals surface area contributed by atoms with Crippen molar-refractivity contribution in [1.29, 1.82) is 0 Å². The summed E-state index contributed by atoms with van der Waals surface area (Å²) in [5, 5.41) is 13.7. The number of amides is 1. The van der Waals surface area contributed by atoms with Gasteiger partial charge in [0, 0.05) is 32.7 Å². The summed E-state index contributed by atoms with van der Waals surface area (Å²) in [7, 11) is 3.32. The summed E-state index contributed by atoms with van der Waals surface area (Å²) in [6.45, 7) is 11.5. The molecule has 1 aliphatic rings. The third-order valence-electron chi connectivity index (χ3n) is 7.66. The van der Waals surface area contributed by atoms with Crippen molar-refractivity contribution in [3.63, 3.8) is 0 Å². The lowest BCUT2D eigenvalue weighted by Crippen LogP contribution is -2.58. The lowest BCUT2D eigenvalue weighted by molar-refractivity contribution is -0.132. The van der Waals surface area contributed by atoms with Gasteiger partial charge in [0.1, 0.15) is 0 Å². The lowest BCUT2D eigenvalue weighted by atomic mass is 9.83. The molecule has 1 heterocycles. The van der Waals surface area contributed by atoms with Crippen LogP contribution in [0.3, 0.4) is 0 Å². The molecule has 0 saturated carbocycles. The van der Waals surface area contributed by atoms with Crippen LogP contribution in [0.1, 0.15) is 65.4 Å². The van der Waals surface area contributed by atoms with Crippen molar-refractivity contribution in [1.82, 2.24) is 10.2 Å². The SMILES string of the molecule is COCCCOc1cc(C[C@@H](C[C@H](N)[C@@H](O)CNC(=O)C(C)(C)N2CCCCC2)C(C)C)ccc1OC. The zero-order chi connectivity index (χ0) is 27.4. The Kier molecular flexibility index (Phi) is 13.1. The van der Waals surface area contributed by atoms with Crippen LogP contribution in [0.4, 0.5) is 0 Å². The molecule has 1 amide bonds. The number of hydrogen-bond donors (Lipinski definition) is 3. The van der Waals surface area contributed by atoms with Gasteiger partial charge in [-0.3, -0.25) is 9.69 Å². The van der Waals surface area contributed by atoms with E-state index in [2.05, 4.69) is 30.1 Å². The topological polar surface area (TPSA) is 106 Å². The molecule has 8 heteroatoms. The van der Waals surface area contributed by atoms with Gasteiger partial charge in [0.2, 0.25) is 5.91 Å². The lowest BCUT2D eigenvalue weighted by Gasteiger charge is -2.39. The van der Waals surface area contributed by atoms with Gasteiger partial charge in [-0.05, 0) is 82.2 Å². The average molecular weight is 522 g/mol. The molecule has 0 bridgehead atoms. The van der Waals surface area contributed by atoms with Gasteiger partial charge in [0.15, 0.2) is 11.5 Å². The number of ether oxygens (including phenoxy) is 3. The first kappa shape index (κ1) is 31.3. The molecular formula is C29H51N3O5. The van der Waals surface area contributed by atoms with E-state index < -0.39 is 17.7 Å². The van der Waals surface area contributed by atoms with E-state index >= 15 is 0 Å². The highest BCUT2D eigenvalue weighted by molar-refractivity contribution is 5.85. The van der Waals surface area contributed by atoms with Crippen LogP contribution in [0.2, 0.25) is 0 Å². The van der Waals surface area contributed by atoms with Gasteiger partial charge in [-0.15, -0.1) is 0 Å². The summed E-state index contributed by atoms with van der Waals surface area (Å²) in [6, 6.07) is 5.59. The predicted octanol–water partition coefficient (Wildman–Crippen LogP) is 3.38. The number of aliphatic hydroxyl groups is 1. The summed E-state index contributed by atoms with van der Waals surface area (Å²) in [6.07, 6.45) is 4.92. The highest BCUT2D eigenvalue weighted by Crippen LogP contribution is 2.31. The second kappa shape index (κ2) is 15.5. The van der Waals surface area contributed by atoms with E-state index in [4.69, 9.17) is 19.9 Å². The van der Waals surface area contributed by atoms with Crippen LogP contribution in [0.5, 0.6) is 11.5 Å². The number of aliphatic hydroxyl groups excluding tert-OH is 1. The van der Waals surface area contributed by atoms with E-state index in [9.17, 15) is 9.90 Å². The van der Waals surface area contributed by atoms with Gasteiger partial charge in [0.05, 0.1) is 25.4 Å². The number of carbonyl (C=O) groups excluding carboxylic acids is 1. The zero-order valence-corrected chi connectivity index (χ0v) is 23.9. The van der Waals surface area contributed by atoms with Crippen LogP contribution in [0.15, 0.2) is 18.2 Å². The number of benzene rings is 1. The van der Waals surface area contributed by atoms with Crippen molar-refractivity contribution in [3.05, 3.63) is 23.8 Å². The molecule has 0 aliphatic carbocycles. The van der Waals surface area contributed by atoms with Crippen LogP contribution in [0.25, 0.3) is 0 Å². The van der Waals surface area contributed by atoms with E-state index in [0.717, 1.165) is 50.1 Å². The minimum Gasteiger partial charge on any atom is -0.493 e. The number of hydrogen-bond acceptors (Lipinski definition) is 7. The summed E-state index contributed by atoms with van der Waals surface area (Å²) in [5.74, 6) is 2.01. The van der Waals surface area contributed by atoms with Crippen LogP contribution in [-0.4, -0.2) is 80.7 Å². The van der Waals surface area contributed by atoms with Crippen LogP contribution in [0, 0.1) is 11.8 Å². The van der Waals surface area contributed by atoms with Gasteiger partial charge >= 0.3 is 0 Å². The number of carbonyl (C=O) groups is 1. The second-order valence-corrected chi connectivity index (χ2v) is 11.2. The van der Waals surface area contributed by atoms with E-state index in [1.54, 1.807) is 14.2 Å². The Balaban J connectivity index is 1.94. The number of methoxy groups -OCH3 is 2. The molecule has 4 N–H and O–H groups in total. The maximum atomic E-state index is 12.9. The van der Waals surface area contributed by atoms with Crippen LogP contribution < -0.4 is 20.5 Å². The number of piperidine rings is 1. The Morgan fingerprint density at radius 2 is 1.84 bits per heavy atom. The number of rotatable bonds is 16. The number of nitrogens with zero attached hydrogens (tertiary/aromatic N) is 1. The Morgan fingerprint density at radius 1 is 1.14 bits per heavy atom. The standard InChI is InChI=1S/C29H51N3O5/c1-21(2)23(17-22-11-12-26(36-6)27(18-22)37-16-10-15-35-5)19-24(30)25(33)20-31-28(34)29(3,4)32-13-8-7-9-14-32/h11-12,18,21,23-25,33H,7-10,13-17,19-20,30H2,1-6H3,(H,31,34)/t23-,24-,25-/m0/s1. The van der Waals surface area contributed by atoms with Crippen molar-refractivity contribution in [2.45, 2.75) is 83.9 Å². The maximum Gasteiger partial charge on any atom is 0.240 e. The third kappa shape index (κ3) is 9.74. The molecule has 0 radical (unpaired) electrons. The molecule has 1 saturated heterocycles. The van der Waals surface area contributed by atoms with E-state index in [0.29, 0.717) is 31.3 Å². The van der Waals surface area contributed by atoms with Crippen molar-refractivity contribution < 1.29 is 24.1 Å². The highest BCUT2D eigenvalue weighted by Gasteiger charge is 2.35. The Labute approximate surface area is 224 Å². The Bertz CT molecular complexity index is 811. The minimum atomic E-state index is -0.807. The molecule has 1 aliphatic heterocycles. The summed E-state index contributed by atoms with van der Waals surface area (Å²) >= 11 is 0. The van der Waals surface area contributed by atoms with Gasteiger partial charge < -0.3 is 30.4 Å². The predicted molar refractivity (Wildman–Crippen MR) is 148 cm³/mol. The third-order valence-corrected chi connectivity index (χ3v) is 7.66. The molecule has 3 atom stereocenters. The molecule has 1 aromatic carbocycles. The van der Waals surface area contributed by atoms with Crippen molar-refractivity contribution in [2.75, 3.05) is 47.1 Å². The van der Waals surface area contributed by atoms with Crippen molar-refractivity contribution in [2.24, 2.45) is 17.6 Å². The maximum absolute atomic E-state index is 12.9. The average Bonchev–Trinajstić information content (AvgIpc) is 2.89. The first-order valence-electron chi connectivity index (χ1n) is 13.9. The normalized spacial score (nSPS) is 17.3.